The fraction of sp³-hybridized carbons (Fsp3) is 0.0667. The summed E-state index contributed by atoms with van der Waals surface area (Å²) in [5, 5.41) is 3.50. The van der Waals surface area contributed by atoms with E-state index in [1.807, 2.05) is 0 Å². The standard InChI is InChI=1S/C15H10Cl2FN3O/c1-8-14(21-7-11(18)2-3-13(21)19-8)15(22)20-12-5-9(16)4-10(17)6-12/h2-7H,1H3,(H,20,22). The van der Waals surface area contributed by atoms with Crippen LogP contribution in [0.15, 0.2) is 36.5 Å². The first-order chi connectivity index (χ1) is 10.4. The molecule has 0 unspecified atom stereocenters. The molecule has 0 aliphatic carbocycles. The molecule has 3 aromatic rings. The first-order valence-corrected chi connectivity index (χ1v) is 7.11. The Morgan fingerprint density at radius 3 is 2.59 bits per heavy atom. The molecule has 3 rings (SSSR count). The summed E-state index contributed by atoms with van der Waals surface area (Å²) in [7, 11) is 0. The van der Waals surface area contributed by atoms with E-state index in [4.69, 9.17) is 23.2 Å². The maximum absolute atomic E-state index is 13.4. The summed E-state index contributed by atoms with van der Waals surface area (Å²) in [5.74, 6) is -0.876. The number of hydrogen-bond donors (Lipinski definition) is 1. The van der Waals surface area contributed by atoms with Gasteiger partial charge in [-0.15, -0.1) is 0 Å². The second-order valence-electron chi connectivity index (χ2n) is 4.73. The highest BCUT2D eigenvalue weighted by Gasteiger charge is 2.17. The van der Waals surface area contributed by atoms with E-state index in [2.05, 4.69) is 10.3 Å². The fourth-order valence-electron chi connectivity index (χ4n) is 2.23. The molecular weight excluding hydrogens is 328 g/mol. The van der Waals surface area contributed by atoms with Gasteiger partial charge in [-0.2, -0.15) is 0 Å². The second kappa shape index (κ2) is 5.59. The second-order valence-corrected chi connectivity index (χ2v) is 5.61. The van der Waals surface area contributed by atoms with E-state index in [1.54, 1.807) is 25.1 Å². The Morgan fingerprint density at radius 2 is 1.91 bits per heavy atom. The molecule has 0 aliphatic heterocycles. The molecule has 112 valence electrons. The number of aryl methyl sites for hydroxylation is 1. The highest BCUT2D eigenvalue weighted by Crippen LogP contribution is 2.23. The number of pyridine rings is 1. The number of benzene rings is 1. The highest BCUT2D eigenvalue weighted by atomic mass is 35.5. The van der Waals surface area contributed by atoms with E-state index in [-0.39, 0.29) is 5.69 Å². The van der Waals surface area contributed by atoms with Crippen molar-refractivity contribution in [2.75, 3.05) is 5.32 Å². The van der Waals surface area contributed by atoms with Crippen LogP contribution >= 0.6 is 23.2 Å². The molecule has 0 atom stereocenters. The molecule has 0 aliphatic rings. The van der Waals surface area contributed by atoms with Gasteiger partial charge >= 0.3 is 0 Å². The van der Waals surface area contributed by atoms with Gasteiger partial charge in [-0.05, 0) is 37.3 Å². The van der Waals surface area contributed by atoms with Crippen molar-refractivity contribution in [1.29, 1.82) is 0 Å². The topological polar surface area (TPSA) is 46.4 Å². The van der Waals surface area contributed by atoms with Crippen LogP contribution in [-0.4, -0.2) is 15.3 Å². The van der Waals surface area contributed by atoms with Crippen LogP contribution in [0.2, 0.25) is 10.0 Å². The molecule has 2 aromatic heterocycles. The van der Waals surface area contributed by atoms with E-state index >= 15 is 0 Å². The van der Waals surface area contributed by atoms with E-state index in [0.717, 1.165) is 0 Å². The van der Waals surface area contributed by atoms with E-state index in [9.17, 15) is 9.18 Å². The number of nitrogens with zero attached hydrogens (tertiary/aromatic N) is 2. The first-order valence-electron chi connectivity index (χ1n) is 6.36. The van der Waals surface area contributed by atoms with Gasteiger partial charge in [0.15, 0.2) is 0 Å². The quantitative estimate of drug-likeness (QED) is 0.755. The number of halogens is 3. The smallest absolute Gasteiger partial charge is 0.274 e. The average molecular weight is 338 g/mol. The number of rotatable bonds is 2. The zero-order chi connectivity index (χ0) is 15.9. The summed E-state index contributed by atoms with van der Waals surface area (Å²) >= 11 is 11.8. The van der Waals surface area contributed by atoms with Crippen molar-refractivity contribution in [2.24, 2.45) is 0 Å². The summed E-state index contributed by atoms with van der Waals surface area (Å²) in [6.07, 6.45) is 1.22. The van der Waals surface area contributed by atoms with Gasteiger partial charge in [0.25, 0.3) is 5.91 Å². The Morgan fingerprint density at radius 1 is 1.23 bits per heavy atom. The maximum atomic E-state index is 13.4. The number of carbonyl (C=O) groups excluding carboxylic acids is 1. The molecular formula is C15H10Cl2FN3O. The van der Waals surface area contributed by atoms with Crippen molar-refractivity contribution < 1.29 is 9.18 Å². The number of hydrogen-bond acceptors (Lipinski definition) is 2. The number of imidazole rings is 1. The molecule has 0 saturated heterocycles. The van der Waals surface area contributed by atoms with Gasteiger partial charge in [-0.3, -0.25) is 9.20 Å². The van der Waals surface area contributed by atoms with Crippen molar-refractivity contribution in [2.45, 2.75) is 6.92 Å². The Bertz CT molecular complexity index is 872. The van der Waals surface area contributed by atoms with Crippen LogP contribution < -0.4 is 5.32 Å². The van der Waals surface area contributed by atoms with Crippen LogP contribution in [0.1, 0.15) is 16.2 Å². The summed E-state index contributed by atoms with van der Waals surface area (Å²) in [5.41, 5.74) is 1.70. The van der Waals surface area contributed by atoms with Crippen LogP contribution in [0.3, 0.4) is 0 Å². The first kappa shape index (κ1) is 14.8. The lowest BCUT2D eigenvalue weighted by Gasteiger charge is -2.07. The number of amides is 1. The molecule has 0 fully saturated rings. The highest BCUT2D eigenvalue weighted by molar-refractivity contribution is 6.35. The summed E-state index contributed by atoms with van der Waals surface area (Å²) in [6.45, 7) is 1.69. The molecule has 2 heterocycles. The Balaban J connectivity index is 2.01. The average Bonchev–Trinajstić information content (AvgIpc) is 2.72. The number of anilines is 1. The number of carbonyl (C=O) groups is 1. The number of fused-ring (bicyclic) bond motifs is 1. The minimum absolute atomic E-state index is 0.255. The lowest BCUT2D eigenvalue weighted by molar-refractivity contribution is 0.102. The summed E-state index contributed by atoms with van der Waals surface area (Å²) in [4.78, 5) is 16.7. The Kier molecular flexibility index (Phi) is 3.76. The van der Waals surface area contributed by atoms with Crippen molar-refractivity contribution >= 4 is 40.4 Å². The summed E-state index contributed by atoms with van der Waals surface area (Å²) < 4.78 is 14.8. The van der Waals surface area contributed by atoms with Gasteiger partial charge in [0.2, 0.25) is 0 Å². The van der Waals surface area contributed by atoms with Gasteiger partial charge in [-0.25, -0.2) is 9.37 Å². The van der Waals surface area contributed by atoms with Crippen molar-refractivity contribution in [1.82, 2.24) is 9.38 Å². The van der Waals surface area contributed by atoms with Crippen LogP contribution in [0, 0.1) is 12.7 Å². The molecule has 7 heteroatoms. The van der Waals surface area contributed by atoms with Crippen LogP contribution in [0.5, 0.6) is 0 Å². The third kappa shape index (κ3) is 2.77. The van der Waals surface area contributed by atoms with Crippen molar-refractivity contribution in [3.05, 3.63) is 63.8 Å². The molecule has 0 bridgehead atoms. The molecule has 1 aromatic carbocycles. The van der Waals surface area contributed by atoms with Gasteiger partial charge in [0.1, 0.15) is 17.2 Å². The molecule has 4 nitrogen and oxygen atoms in total. The number of aromatic nitrogens is 2. The minimum Gasteiger partial charge on any atom is -0.321 e. The lowest BCUT2D eigenvalue weighted by Crippen LogP contribution is -2.15. The molecule has 0 saturated carbocycles. The van der Waals surface area contributed by atoms with Crippen LogP contribution in [-0.2, 0) is 0 Å². The maximum Gasteiger partial charge on any atom is 0.274 e. The monoisotopic (exact) mass is 337 g/mol. The van der Waals surface area contributed by atoms with Crippen LogP contribution in [0.25, 0.3) is 5.65 Å². The SMILES string of the molecule is Cc1nc2ccc(F)cn2c1C(=O)Nc1cc(Cl)cc(Cl)c1. The van der Waals surface area contributed by atoms with E-state index < -0.39 is 11.7 Å². The summed E-state index contributed by atoms with van der Waals surface area (Å²) in [6, 6.07) is 7.51. The molecule has 22 heavy (non-hydrogen) atoms. The minimum atomic E-state index is -0.454. The van der Waals surface area contributed by atoms with Crippen molar-refractivity contribution in [3.63, 3.8) is 0 Å². The van der Waals surface area contributed by atoms with Gasteiger partial charge in [0.05, 0.1) is 5.69 Å². The zero-order valence-electron chi connectivity index (χ0n) is 11.4. The van der Waals surface area contributed by atoms with Gasteiger partial charge in [0, 0.05) is 21.9 Å². The predicted octanol–water partition coefficient (Wildman–Crippen LogP) is 4.34. The molecule has 0 spiro atoms. The van der Waals surface area contributed by atoms with Crippen molar-refractivity contribution in [3.8, 4) is 0 Å². The predicted molar refractivity (Wildman–Crippen MR) is 84.3 cm³/mol. The number of nitrogens with one attached hydrogen (secondary N) is 1. The van der Waals surface area contributed by atoms with E-state index in [1.165, 1.54) is 22.7 Å². The Hall–Kier alpha value is -2.11. The van der Waals surface area contributed by atoms with Gasteiger partial charge < -0.3 is 5.32 Å². The largest absolute Gasteiger partial charge is 0.321 e. The van der Waals surface area contributed by atoms with Gasteiger partial charge in [-0.1, -0.05) is 23.2 Å². The fourth-order valence-corrected chi connectivity index (χ4v) is 2.75. The Labute approximate surface area is 135 Å². The molecule has 1 N–H and O–H groups in total. The molecule has 1 amide bonds. The zero-order valence-corrected chi connectivity index (χ0v) is 12.9. The normalized spacial score (nSPS) is 10.9. The molecule has 0 radical (unpaired) electrons. The van der Waals surface area contributed by atoms with Crippen LogP contribution in [0.4, 0.5) is 10.1 Å². The van der Waals surface area contributed by atoms with E-state index in [0.29, 0.717) is 27.1 Å². The third-order valence-electron chi connectivity index (χ3n) is 3.09. The lowest BCUT2D eigenvalue weighted by atomic mass is 10.3. The third-order valence-corrected chi connectivity index (χ3v) is 3.53.